The number of amides is 2. The van der Waals surface area contributed by atoms with E-state index in [2.05, 4.69) is 15.5 Å². The Morgan fingerprint density at radius 2 is 2.12 bits per heavy atom. The van der Waals surface area contributed by atoms with E-state index in [-0.39, 0.29) is 24.1 Å². The SMILES string of the molecule is Cn1c(SCC(=O)NCC(=O)N2CCCC2)nnc1-c1cccs1. The number of likely N-dealkylation sites (tertiary alicyclic amines) is 1. The summed E-state index contributed by atoms with van der Waals surface area (Å²) in [5.41, 5.74) is 0. The zero-order valence-electron chi connectivity index (χ0n) is 13.4. The van der Waals surface area contributed by atoms with Gasteiger partial charge in [0.25, 0.3) is 0 Å². The van der Waals surface area contributed by atoms with Gasteiger partial charge >= 0.3 is 0 Å². The summed E-state index contributed by atoms with van der Waals surface area (Å²) in [5, 5.41) is 13.6. The van der Waals surface area contributed by atoms with Gasteiger partial charge < -0.3 is 14.8 Å². The number of carbonyl (C=O) groups is 2. The number of rotatable bonds is 6. The highest BCUT2D eigenvalue weighted by molar-refractivity contribution is 7.99. The Kier molecular flexibility index (Phi) is 5.52. The maximum absolute atomic E-state index is 11.9. The van der Waals surface area contributed by atoms with E-state index in [1.54, 1.807) is 16.2 Å². The summed E-state index contributed by atoms with van der Waals surface area (Å²) in [6.07, 6.45) is 2.10. The number of thioether (sulfide) groups is 1. The maximum Gasteiger partial charge on any atom is 0.241 e. The molecule has 24 heavy (non-hydrogen) atoms. The average molecular weight is 365 g/mol. The van der Waals surface area contributed by atoms with Crippen LogP contribution in [0.25, 0.3) is 10.7 Å². The highest BCUT2D eigenvalue weighted by atomic mass is 32.2. The van der Waals surface area contributed by atoms with Crippen LogP contribution in [0.1, 0.15) is 12.8 Å². The molecule has 1 fully saturated rings. The van der Waals surface area contributed by atoms with Gasteiger partial charge in [0.2, 0.25) is 11.8 Å². The third kappa shape index (κ3) is 3.96. The Morgan fingerprint density at radius 1 is 1.33 bits per heavy atom. The maximum atomic E-state index is 11.9. The lowest BCUT2D eigenvalue weighted by Crippen LogP contribution is -2.39. The first-order chi connectivity index (χ1) is 11.6. The molecule has 1 N–H and O–H groups in total. The second-order valence-electron chi connectivity index (χ2n) is 5.50. The van der Waals surface area contributed by atoms with E-state index in [9.17, 15) is 9.59 Å². The van der Waals surface area contributed by atoms with Gasteiger partial charge in [-0.1, -0.05) is 17.8 Å². The number of aromatic nitrogens is 3. The van der Waals surface area contributed by atoms with Crippen molar-refractivity contribution in [2.24, 2.45) is 7.05 Å². The van der Waals surface area contributed by atoms with Crippen molar-refractivity contribution in [1.82, 2.24) is 25.0 Å². The number of hydrogen-bond acceptors (Lipinski definition) is 6. The number of thiophene rings is 1. The van der Waals surface area contributed by atoms with Crippen molar-refractivity contribution in [3.63, 3.8) is 0 Å². The van der Waals surface area contributed by atoms with Crippen molar-refractivity contribution in [3.05, 3.63) is 17.5 Å². The molecule has 0 aromatic carbocycles. The third-order valence-corrected chi connectivity index (χ3v) is 5.69. The Balaban J connectivity index is 1.47. The topological polar surface area (TPSA) is 80.1 Å². The van der Waals surface area contributed by atoms with Crippen molar-refractivity contribution in [1.29, 1.82) is 0 Å². The fourth-order valence-electron chi connectivity index (χ4n) is 2.49. The van der Waals surface area contributed by atoms with Crippen molar-refractivity contribution < 1.29 is 9.59 Å². The molecule has 3 rings (SSSR count). The lowest BCUT2D eigenvalue weighted by molar-refractivity contribution is -0.131. The summed E-state index contributed by atoms with van der Waals surface area (Å²) < 4.78 is 1.87. The summed E-state index contributed by atoms with van der Waals surface area (Å²) in [5.74, 6) is 0.818. The fraction of sp³-hybridized carbons (Fsp3) is 0.467. The lowest BCUT2D eigenvalue weighted by Gasteiger charge is -2.15. The molecule has 0 saturated carbocycles. The third-order valence-electron chi connectivity index (χ3n) is 3.80. The molecule has 0 bridgehead atoms. The van der Waals surface area contributed by atoms with Crippen molar-refractivity contribution in [2.45, 2.75) is 18.0 Å². The number of nitrogens with one attached hydrogen (secondary N) is 1. The van der Waals surface area contributed by atoms with Gasteiger partial charge in [0.1, 0.15) is 0 Å². The summed E-state index contributed by atoms with van der Waals surface area (Å²) >= 11 is 2.91. The van der Waals surface area contributed by atoms with Crippen LogP contribution >= 0.6 is 23.1 Å². The van der Waals surface area contributed by atoms with Gasteiger partial charge in [0.05, 0.1) is 17.2 Å². The van der Waals surface area contributed by atoms with E-state index in [1.165, 1.54) is 11.8 Å². The second kappa shape index (κ2) is 7.80. The summed E-state index contributed by atoms with van der Waals surface area (Å²) in [7, 11) is 1.88. The number of nitrogens with zero attached hydrogens (tertiary/aromatic N) is 4. The Bertz CT molecular complexity index is 708. The predicted octanol–water partition coefficient (Wildman–Crippen LogP) is 1.37. The van der Waals surface area contributed by atoms with Gasteiger partial charge in [-0.3, -0.25) is 9.59 Å². The zero-order chi connectivity index (χ0) is 16.9. The predicted molar refractivity (Wildman–Crippen MR) is 93.9 cm³/mol. The molecular weight excluding hydrogens is 346 g/mol. The minimum Gasteiger partial charge on any atom is -0.346 e. The smallest absolute Gasteiger partial charge is 0.241 e. The van der Waals surface area contributed by atoms with E-state index < -0.39 is 0 Å². The lowest BCUT2D eigenvalue weighted by atomic mass is 10.4. The molecule has 1 aliphatic heterocycles. The Morgan fingerprint density at radius 3 is 2.83 bits per heavy atom. The van der Waals surface area contributed by atoms with Crippen LogP contribution < -0.4 is 5.32 Å². The van der Waals surface area contributed by atoms with Crippen LogP contribution in [0.2, 0.25) is 0 Å². The van der Waals surface area contributed by atoms with E-state index in [1.807, 2.05) is 29.1 Å². The molecule has 2 aromatic heterocycles. The van der Waals surface area contributed by atoms with Crippen LogP contribution in [0.15, 0.2) is 22.7 Å². The first-order valence-corrected chi connectivity index (χ1v) is 9.62. The molecular formula is C15H19N5O2S2. The fourth-order valence-corrected chi connectivity index (χ4v) is 3.98. The van der Waals surface area contributed by atoms with E-state index >= 15 is 0 Å². The van der Waals surface area contributed by atoms with Gasteiger partial charge in [0.15, 0.2) is 11.0 Å². The van der Waals surface area contributed by atoms with Crippen LogP contribution in [0.3, 0.4) is 0 Å². The molecule has 9 heteroatoms. The minimum absolute atomic E-state index is 0.00973. The van der Waals surface area contributed by atoms with E-state index in [0.717, 1.165) is 36.6 Å². The van der Waals surface area contributed by atoms with Crippen molar-refractivity contribution in [3.8, 4) is 10.7 Å². The number of hydrogen-bond donors (Lipinski definition) is 1. The Hall–Kier alpha value is -1.87. The Labute approximate surface area is 148 Å². The molecule has 0 spiro atoms. The van der Waals surface area contributed by atoms with E-state index in [4.69, 9.17) is 0 Å². The summed E-state index contributed by atoms with van der Waals surface area (Å²) in [4.78, 5) is 26.7. The highest BCUT2D eigenvalue weighted by Gasteiger charge is 2.18. The van der Waals surface area contributed by atoms with Crippen molar-refractivity contribution >= 4 is 34.9 Å². The summed E-state index contributed by atoms with van der Waals surface area (Å²) in [6, 6.07) is 3.95. The van der Waals surface area contributed by atoms with Crippen LogP contribution in [-0.4, -0.2) is 56.9 Å². The molecule has 2 amide bonds. The molecule has 2 aromatic rings. The van der Waals surface area contributed by atoms with Gasteiger partial charge in [0, 0.05) is 20.1 Å². The monoisotopic (exact) mass is 365 g/mol. The molecule has 128 valence electrons. The normalized spacial score (nSPS) is 14.1. The molecule has 0 unspecified atom stereocenters. The molecule has 1 aliphatic rings. The van der Waals surface area contributed by atoms with Crippen LogP contribution in [0.4, 0.5) is 0 Å². The molecule has 0 radical (unpaired) electrons. The van der Waals surface area contributed by atoms with Gasteiger partial charge in [-0.25, -0.2) is 0 Å². The van der Waals surface area contributed by atoms with E-state index in [0.29, 0.717) is 5.16 Å². The van der Waals surface area contributed by atoms with Crippen LogP contribution in [-0.2, 0) is 16.6 Å². The van der Waals surface area contributed by atoms with Crippen LogP contribution in [0, 0.1) is 0 Å². The highest BCUT2D eigenvalue weighted by Crippen LogP contribution is 2.25. The van der Waals surface area contributed by atoms with Crippen LogP contribution in [0.5, 0.6) is 0 Å². The van der Waals surface area contributed by atoms with Gasteiger partial charge in [-0.2, -0.15) is 0 Å². The minimum atomic E-state index is -0.173. The molecule has 7 nitrogen and oxygen atoms in total. The standard InChI is InChI=1S/C15H19N5O2S2/c1-19-14(11-5-4-8-23-11)17-18-15(19)24-10-12(21)16-9-13(22)20-6-2-3-7-20/h4-5,8H,2-3,6-7,9-10H2,1H3,(H,16,21). The molecule has 3 heterocycles. The molecule has 0 aliphatic carbocycles. The molecule has 0 atom stereocenters. The van der Waals surface area contributed by atoms with Gasteiger partial charge in [-0.05, 0) is 24.3 Å². The molecule has 1 saturated heterocycles. The largest absolute Gasteiger partial charge is 0.346 e. The second-order valence-corrected chi connectivity index (χ2v) is 7.39. The zero-order valence-corrected chi connectivity index (χ0v) is 15.0. The van der Waals surface area contributed by atoms with Gasteiger partial charge in [-0.15, -0.1) is 21.5 Å². The summed E-state index contributed by atoms with van der Waals surface area (Å²) in [6.45, 7) is 1.67. The average Bonchev–Trinajstić information content (AvgIpc) is 3.32. The first kappa shape index (κ1) is 17.0. The quantitative estimate of drug-likeness (QED) is 0.782. The van der Waals surface area contributed by atoms with Crippen molar-refractivity contribution in [2.75, 3.05) is 25.4 Å². The first-order valence-electron chi connectivity index (χ1n) is 7.75. The number of carbonyl (C=O) groups excluding carboxylic acids is 2.